The number of nitrogens with one attached hydrogen (secondary N) is 1. The van der Waals surface area contributed by atoms with Crippen molar-refractivity contribution < 1.29 is 19.1 Å². The molecule has 0 aliphatic rings. The first kappa shape index (κ1) is 14.1. The molecule has 0 unspecified atom stereocenters. The Balaban J connectivity index is 2.36. The molecule has 5 nitrogen and oxygen atoms in total. The van der Waals surface area contributed by atoms with Gasteiger partial charge in [0, 0.05) is 18.7 Å². The molecule has 1 aromatic carbocycles. The third-order valence-electron chi connectivity index (χ3n) is 2.23. The van der Waals surface area contributed by atoms with E-state index in [2.05, 4.69) is 5.32 Å². The molecule has 6 heteroatoms. The van der Waals surface area contributed by atoms with Gasteiger partial charge in [0.1, 0.15) is 5.82 Å². The Labute approximate surface area is 104 Å². The van der Waals surface area contributed by atoms with Gasteiger partial charge in [-0.2, -0.15) is 0 Å². The van der Waals surface area contributed by atoms with Crippen molar-refractivity contribution in [2.45, 2.75) is 6.42 Å². The molecule has 0 bridgehead atoms. The molecule has 0 atom stereocenters. The van der Waals surface area contributed by atoms with Gasteiger partial charge in [0.05, 0.1) is 6.54 Å². The number of aliphatic carboxylic acids is 1. The van der Waals surface area contributed by atoms with E-state index in [4.69, 9.17) is 5.11 Å². The summed E-state index contributed by atoms with van der Waals surface area (Å²) in [6, 6.07) is 5.60. The first-order valence-corrected chi connectivity index (χ1v) is 5.43. The van der Waals surface area contributed by atoms with Crippen molar-refractivity contribution >= 4 is 17.6 Å². The maximum absolute atomic E-state index is 12.9. The van der Waals surface area contributed by atoms with E-state index in [1.54, 1.807) is 13.1 Å². The van der Waals surface area contributed by atoms with E-state index < -0.39 is 11.8 Å². The predicted octanol–water partition coefficient (Wildman–Crippen LogP) is 1.17. The van der Waals surface area contributed by atoms with E-state index in [0.717, 1.165) is 0 Å². The summed E-state index contributed by atoms with van der Waals surface area (Å²) < 4.78 is 12.9. The van der Waals surface area contributed by atoms with Crippen molar-refractivity contribution in [2.75, 3.05) is 25.5 Å². The Hall–Kier alpha value is -1.95. The van der Waals surface area contributed by atoms with Crippen molar-refractivity contribution in [1.29, 1.82) is 0 Å². The van der Waals surface area contributed by atoms with Crippen molar-refractivity contribution in [1.82, 2.24) is 4.90 Å². The second-order valence-corrected chi connectivity index (χ2v) is 3.94. The second kappa shape index (κ2) is 6.70. The Morgan fingerprint density at radius 2 is 2.17 bits per heavy atom. The number of rotatable bonds is 6. The van der Waals surface area contributed by atoms with Crippen LogP contribution in [0.25, 0.3) is 0 Å². The molecule has 0 aliphatic heterocycles. The number of benzene rings is 1. The van der Waals surface area contributed by atoms with Crippen LogP contribution in [-0.2, 0) is 9.59 Å². The lowest BCUT2D eigenvalue weighted by Gasteiger charge is -2.13. The number of hydrogen-bond donors (Lipinski definition) is 2. The molecule has 1 amide bonds. The highest BCUT2D eigenvalue weighted by atomic mass is 19.1. The number of amides is 1. The number of anilines is 1. The predicted molar refractivity (Wildman–Crippen MR) is 64.8 cm³/mol. The molecule has 0 heterocycles. The topological polar surface area (TPSA) is 69.6 Å². The van der Waals surface area contributed by atoms with E-state index in [-0.39, 0.29) is 18.9 Å². The molecule has 0 aliphatic carbocycles. The van der Waals surface area contributed by atoms with Crippen LogP contribution in [0.3, 0.4) is 0 Å². The lowest BCUT2D eigenvalue weighted by Crippen LogP contribution is -2.29. The summed E-state index contributed by atoms with van der Waals surface area (Å²) in [5, 5.41) is 11.1. The fourth-order valence-corrected chi connectivity index (χ4v) is 1.39. The molecule has 0 radical (unpaired) electrons. The summed E-state index contributed by atoms with van der Waals surface area (Å²) >= 11 is 0. The molecule has 0 aromatic heterocycles. The van der Waals surface area contributed by atoms with Crippen LogP contribution in [0.1, 0.15) is 6.42 Å². The van der Waals surface area contributed by atoms with Gasteiger partial charge in [-0.1, -0.05) is 6.07 Å². The van der Waals surface area contributed by atoms with Crippen LogP contribution in [0.4, 0.5) is 10.1 Å². The Morgan fingerprint density at radius 1 is 1.44 bits per heavy atom. The summed E-state index contributed by atoms with van der Waals surface area (Å²) in [6.45, 7) is 0.209. The summed E-state index contributed by atoms with van der Waals surface area (Å²) in [5.41, 5.74) is 0.390. The largest absolute Gasteiger partial charge is 0.480 e. The number of halogens is 1. The number of carbonyl (C=O) groups is 2. The molecular weight excluding hydrogens is 239 g/mol. The number of carboxylic acid groups (broad SMARTS) is 1. The molecule has 0 saturated heterocycles. The van der Waals surface area contributed by atoms with Crippen molar-refractivity contribution in [3.8, 4) is 0 Å². The van der Waals surface area contributed by atoms with E-state index >= 15 is 0 Å². The minimum atomic E-state index is -0.942. The molecular formula is C12H15FN2O3. The molecule has 0 fully saturated rings. The molecule has 18 heavy (non-hydrogen) atoms. The number of carbonyl (C=O) groups excluding carboxylic acids is 1. The van der Waals surface area contributed by atoms with Gasteiger partial charge in [0.2, 0.25) is 5.91 Å². The minimum Gasteiger partial charge on any atom is -0.480 e. The lowest BCUT2D eigenvalue weighted by molar-refractivity contribution is -0.138. The number of carboxylic acids is 1. The molecule has 0 spiro atoms. The van der Waals surface area contributed by atoms with Gasteiger partial charge in [-0.15, -0.1) is 0 Å². The van der Waals surface area contributed by atoms with E-state index in [1.165, 1.54) is 23.1 Å². The maximum Gasteiger partial charge on any atom is 0.317 e. The Bertz CT molecular complexity index is 437. The summed E-state index contributed by atoms with van der Waals surface area (Å²) in [7, 11) is 1.61. The van der Waals surface area contributed by atoms with E-state index in [1.807, 2.05) is 0 Å². The van der Waals surface area contributed by atoms with Crippen LogP contribution in [0.15, 0.2) is 24.3 Å². The standard InChI is InChI=1S/C12H15FN2O3/c1-15(8-12(17)18)6-5-11(16)14-10-4-2-3-9(13)7-10/h2-4,7H,5-6,8H2,1H3,(H,14,16)(H,17,18). The highest BCUT2D eigenvalue weighted by Crippen LogP contribution is 2.09. The van der Waals surface area contributed by atoms with Gasteiger partial charge >= 0.3 is 5.97 Å². The molecule has 98 valence electrons. The van der Waals surface area contributed by atoms with Crippen LogP contribution in [0, 0.1) is 5.82 Å². The lowest BCUT2D eigenvalue weighted by atomic mass is 10.3. The summed E-state index contributed by atoms with van der Waals surface area (Å²) in [4.78, 5) is 23.4. The monoisotopic (exact) mass is 254 g/mol. The zero-order valence-electron chi connectivity index (χ0n) is 10.0. The quantitative estimate of drug-likeness (QED) is 0.799. The molecule has 1 rings (SSSR count). The molecule has 1 aromatic rings. The highest BCUT2D eigenvalue weighted by Gasteiger charge is 2.08. The number of likely N-dealkylation sites (N-methyl/N-ethyl adjacent to an activating group) is 1. The van der Waals surface area contributed by atoms with Crippen LogP contribution >= 0.6 is 0 Å². The van der Waals surface area contributed by atoms with Gasteiger partial charge in [-0.25, -0.2) is 4.39 Å². The third-order valence-corrected chi connectivity index (χ3v) is 2.23. The van der Waals surface area contributed by atoms with Gasteiger partial charge in [0.15, 0.2) is 0 Å². The minimum absolute atomic E-state index is 0.118. The van der Waals surface area contributed by atoms with Crippen molar-refractivity contribution in [2.24, 2.45) is 0 Å². The molecule has 0 saturated carbocycles. The Morgan fingerprint density at radius 3 is 2.78 bits per heavy atom. The molecule has 2 N–H and O–H groups in total. The van der Waals surface area contributed by atoms with Crippen molar-refractivity contribution in [3.63, 3.8) is 0 Å². The van der Waals surface area contributed by atoms with Crippen LogP contribution in [0.2, 0.25) is 0 Å². The number of hydrogen-bond acceptors (Lipinski definition) is 3. The maximum atomic E-state index is 12.9. The first-order chi connectivity index (χ1) is 8.47. The fraction of sp³-hybridized carbons (Fsp3) is 0.333. The SMILES string of the molecule is CN(CCC(=O)Nc1cccc(F)c1)CC(=O)O. The summed E-state index contributed by atoms with van der Waals surface area (Å²) in [5.74, 6) is -1.64. The van der Waals surface area contributed by atoms with E-state index in [0.29, 0.717) is 12.2 Å². The highest BCUT2D eigenvalue weighted by molar-refractivity contribution is 5.90. The van der Waals surface area contributed by atoms with Crippen molar-refractivity contribution in [3.05, 3.63) is 30.1 Å². The van der Waals surface area contributed by atoms with Gasteiger partial charge in [-0.3, -0.25) is 14.5 Å². The first-order valence-electron chi connectivity index (χ1n) is 5.43. The Kier molecular flexibility index (Phi) is 5.26. The fourth-order valence-electron chi connectivity index (χ4n) is 1.39. The van der Waals surface area contributed by atoms with Crippen LogP contribution < -0.4 is 5.32 Å². The second-order valence-electron chi connectivity index (χ2n) is 3.94. The number of nitrogens with zero attached hydrogens (tertiary/aromatic N) is 1. The third kappa shape index (κ3) is 5.40. The normalized spacial score (nSPS) is 10.4. The average Bonchev–Trinajstić information content (AvgIpc) is 2.25. The average molecular weight is 254 g/mol. The van der Waals surface area contributed by atoms with Gasteiger partial charge in [-0.05, 0) is 25.2 Å². The van der Waals surface area contributed by atoms with Crippen LogP contribution in [0.5, 0.6) is 0 Å². The van der Waals surface area contributed by atoms with Gasteiger partial charge < -0.3 is 10.4 Å². The smallest absolute Gasteiger partial charge is 0.317 e. The van der Waals surface area contributed by atoms with E-state index in [9.17, 15) is 14.0 Å². The van der Waals surface area contributed by atoms with Gasteiger partial charge in [0.25, 0.3) is 0 Å². The zero-order chi connectivity index (χ0) is 13.5. The zero-order valence-corrected chi connectivity index (χ0v) is 10.0. The van der Waals surface area contributed by atoms with Crippen LogP contribution in [-0.4, -0.2) is 42.0 Å². The summed E-state index contributed by atoms with van der Waals surface area (Å²) in [6.07, 6.45) is 0.153.